The van der Waals surface area contributed by atoms with Crippen molar-refractivity contribution in [2.75, 3.05) is 17.7 Å². The zero-order valence-corrected chi connectivity index (χ0v) is 8.07. The average Bonchev–Trinajstić information content (AvgIpc) is 2.09. The van der Waals surface area contributed by atoms with Gasteiger partial charge in [-0.05, 0) is 12.5 Å². The summed E-state index contributed by atoms with van der Waals surface area (Å²) in [6.07, 6.45) is 4.25. The maximum atomic E-state index is 5.85. The molecule has 0 spiro atoms. The van der Waals surface area contributed by atoms with E-state index in [0.29, 0.717) is 10.9 Å². The van der Waals surface area contributed by atoms with Gasteiger partial charge in [-0.15, -0.1) is 11.6 Å². The first-order valence-corrected chi connectivity index (χ1v) is 4.65. The number of hydrogen-bond donors (Lipinski definition) is 1. The molecule has 0 radical (unpaired) electrons. The Morgan fingerprint density at radius 2 is 2.33 bits per heavy atom. The van der Waals surface area contributed by atoms with Gasteiger partial charge >= 0.3 is 0 Å². The number of anilines is 1. The van der Waals surface area contributed by atoms with Gasteiger partial charge in [-0.25, -0.2) is 0 Å². The summed E-state index contributed by atoms with van der Waals surface area (Å²) < 4.78 is 0. The Bertz CT molecular complexity index is 240. The third-order valence-electron chi connectivity index (χ3n) is 1.40. The number of nitrogens with zero attached hydrogens (tertiary/aromatic N) is 1. The van der Waals surface area contributed by atoms with Gasteiger partial charge in [-0.1, -0.05) is 11.6 Å². The van der Waals surface area contributed by atoms with Gasteiger partial charge in [0, 0.05) is 24.8 Å². The molecular formula is C8H10Cl2N2. The van der Waals surface area contributed by atoms with Crippen molar-refractivity contribution in [3.8, 4) is 0 Å². The van der Waals surface area contributed by atoms with Crippen molar-refractivity contribution >= 4 is 28.9 Å². The normalized spacial score (nSPS) is 9.83. The fourth-order valence-corrected chi connectivity index (χ4v) is 1.13. The van der Waals surface area contributed by atoms with E-state index in [4.69, 9.17) is 23.2 Å². The first-order valence-electron chi connectivity index (χ1n) is 3.74. The topological polar surface area (TPSA) is 24.9 Å². The van der Waals surface area contributed by atoms with Gasteiger partial charge < -0.3 is 5.32 Å². The highest BCUT2D eigenvalue weighted by Crippen LogP contribution is 2.18. The Hall–Kier alpha value is -0.470. The van der Waals surface area contributed by atoms with Crippen LogP contribution in [-0.2, 0) is 0 Å². The Labute approximate surface area is 81.9 Å². The molecule has 4 heteroatoms. The number of nitrogens with one attached hydrogen (secondary N) is 1. The van der Waals surface area contributed by atoms with Crippen molar-refractivity contribution in [1.29, 1.82) is 0 Å². The van der Waals surface area contributed by atoms with Crippen LogP contribution in [0, 0.1) is 0 Å². The second kappa shape index (κ2) is 5.22. The molecule has 0 unspecified atom stereocenters. The number of aromatic nitrogens is 1. The van der Waals surface area contributed by atoms with Crippen LogP contribution >= 0.6 is 23.2 Å². The molecular weight excluding hydrogens is 195 g/mol. The monoisotopic (exact) mass is 204 g/mol. The molecule has 0 aromatic carbocycles. The van der Waals surface area contributed by atoms with E-state index in [1.54, 1.807) is 12.4 Å². The minimum atomic E-state index is 0.645. The van der Waals surface area contributed by atoms with Crippen molar-refractivity contribution in [2.24, 2.45) is 0 Å². The van der Waals surface area contributed by atoms with Crippen molar-refractivity contribution in [3.63, 3.8) is 0 Å². The molecule has 0 saturated heterocycles. The average molecular weight is 205 g/mol. The summed E-state index contributed by atoms with van der Waals surface area (Å²) in [5, 5.41) is 3.80. The second-order valence-corrected chi connectivity index (χ2v) is 3.11. The van der Waals surface area contributed by atoms with Crippen LogP contribution in [0.3, 0.4) is 0 Å². The summed E-state index contributed by atoms with van der Waals surface area (Å²) in [6.45, 7) is 0.841. The first kappa shape index (κ1) is 9.62. The van der Waals surface area contributed by atoms with E-state index in [2.05, 4.69) is 10.3 Å². The lowest BCUT2D eigenvalue weighted by atomic mass is 10.4. The van der Waals surface area contributed by atoms with Crippen LogP contribution in [0.1, 0.15) is 6.42 Å². The smallest absolute Gasteiger partial charge is 0.0820 e. The number of hydrogen-bond acceptors (Lipinski definition) is 2. The third kappa shape index (κ3) is 2.88. The molecule has 1 rings (SSSR count). The SMILES string of the molecule is ClCCCNc1ccncc1Cl. The zero-order valence-electron chi connectivity index (χ0n) is 6.56. The summed E-state index contributed by atoms with van der Waals surface area (Å²) in [7, 11) is 0. The maximum absolute atomic E-state index is 5.85. The highest BCUT2D eigenvalue weighted by Gasteiger charge is 1.96. The fourth-order valence-electron chi connectivity index (χ4n) is 0.808. The van der Waals surface area contributed by atoms with Crippen LogP contribution in [0.2, 0.25) is 5.02 Å². The predicted molar refractivity (Wildman–Crippen MR) is 53.1 cm³/mol. The second-order valence-electron chi connectivity index (χ2n) is 2.32. The molecule has 66 valence electrons. The highest BCUT2D eigenvalue weighted by atomic mass is 35.5. The number of halogens is 2. The maximum Gasteiger partial charge on any atom is 0.0820 e. The lowest BCUT2D eigenvalue weighted by Crippen LogP contribution is -2.02. The van der Waals surface area contributed by atoms with Gasteiger partial charge in [0.05, 0.1) is 10.7 Å². The van der Waals surface area contributed by atoms with E-state index in [0.717, 1.165) is 18.7 Å². The minimum absolute atomic E-state index is 0.645. The number of alkyl halides is 1. The molecule has 0 aliphatic rings. The molecule has 1 aromatic heterocycles. The Kier molecular flexibility index (Phi) is 4.19. The van der Waals surface area contributed by atoms with Crippen LogP contribution in [0.4, 0.5) is 5.69 Å². The number of pyridine rings is 1. The lowest BCUT2D eigenvalue weighted by molar-refractivity contribution is 0.986. The molecule has 2 nitrogen and oxygen atoms in total. The molecule has 1 aromatic rings. The van der Waals surface area contributed by atoms with Crippen LogP contribution in [-0.4, -0.2) is 17.4 Å². The van der Waals surface area contributed by atoms with E-state index in [9.17, 15) is 0 Å². The largest absolute Gasteiger partial charge is 0.384 e. The highest BCUT2D eigenvalue weighted by molar-refractivity contribution is 6.33. The minimum Gasteiger partial charge on any atom is -0.384 e. The van der Waals surface area contributed by atoms with E-state index < -0.39 is 0 Å². The molecule has 0 amide bonds. The predicted octanol–water partition coefficient (Wildman–Crippen LogP) is 2.78. The molecule has 12 heavy (non-hydrogen) atoms. The van der Waals surface area contributed by atoms with Crippen LogP contribution in [0.25, 0.3) is 0 Å². The zero-order chi connectivity index (χ0) is 8.81. The van der Waals surface area contributed by atoms with E-state index >= 15 is 0 Å². The third-order valence-corrected chi connectivity index (χ3v) is 1.97. The molecule has 0 aliphatic carbocycles. The Balaban J connectivity index is 2.46. The van der Waals surface area contributed by atoms with Crippen molar-refractivity contribution < 1.29 is 0 Å². The summed E-state index contributed by atoms with van der Waals surface area (Å²) in [5.41, 5.74) is 0.914. The summed E-state index contributed by atoms with van der Waals surface area (Å²) >= 11 is 11.4. The first-order chi connectivity index (χ1) is 5.84. The van der Waals surface area contributed by atoms with Crippen molar-refractivity contribution in [3.05, 3.63) is 23.5 Å². The molecule has 0 atom stereocenters. The summed E-state index contributed by atoms with van der Waals surface area (Å²) in [4.78, 5) is 3.88. The summed E-state index contributed by atoms with van der Waals surface area (Å²) in [6, 6.07) is 1.84. The number of rotatable bonds is 4. The molecule has 0 saturated carbocycles. The van der Waals surface area contributed by atoms with E-state index in [1.165, 1.54) is 0 Å². The van der Waals surface area contributed by atoms with E-state index in [1.807, 2.05) is 6.07 Å². The van der Waals surface area contributed by atoms with Gasteiger partial charge in [0.15, 0.2) is 0 Å². The van der Waals surface area contributed by atoms with Crippen LogP contribution < -0.4 is 5.32 Å². The Morgan fingerprint density at radius 1 is 1.50 bits per heavy atom. The van der Waals surface area contributed by atoms with Crippen molar-refractivity contribution in [1.82, 2.24) is 4.98 Å². The van der Waals surface area contributed by atoms with E-state index in [-0.39, 0.29) is 0 Å². The van der Waals surface area contributed by atoms with Gasteiger partial charge in [0.25, 0.3) is 0 Å². The quantitative estimate of drug-likeness (QED) is 0.603. The Morgan fingerprint density at radius 3 is 3.00 bits per heavy atom. The molecule has 0 bridgehead atoms. The standard InChI is InChI=1S/C8H10Cl2N2/c9-3-1-4-12-8-2-5-11-6-7(8)10/h2,5-6H,1,3-4H2,(H,11,12). The van der Waals surface area contributed by atoms with Gasteiger partial charge in [-0.2, -0.15) is 0 Å². The molecule has 0 fully saturated rings. The van der Waals surface area contributed by atoms with Gasteiger partial charge in [0.2, 0.25) is 0 Å². The fraction of sp³-hybridized carbons (Fsp3) is 0.375. The van der Waals surface area contributed by atoms with Crippen molar-refractivity contribution in [2.45, 2.75) is 6.42 Å². The van der Waals surface area contributed by atoms with Gasteiger partial charge in [-0.3, -0.25) is 4.98 Å². The van der Waals surface area contributed by atoms with Crippen LogP contribution in [0.15, 0.2) is 18.5 Å². The summed E-state index contributed by atoms with van der Waals surface area (Å²) in [5.74, 6) is 0.662. The lowest BCUT2D eigenvalue weighted by Gasteiger charge is -2.05. The molecule has 1 heterocycles. The molecule has 1 N–H and O–H groups in total. The molecule has 0 aliphatic heterocycles. The van der Waals surface area contributed by atoms with Crippen LogP contribution in [0.5, 0.6) is 0 Å². The van der Waals surface area contributed by atoms with Gasteiger partial charge in [0.1, 0.15) is 0 Å².